The number of nitrogens with two attached hydrogens (primary N) is 1. The summed E-state index contributed by atoms with van der Waals surface area (Å²) < 4.78 is 5.18. The largest absolute Gasteiger partial charge is 0.480 e. The van der Waals surface area contributed by atoms with E-state index in [-0.39, 0.29) is 6.42 Å². The Hall–Kier alpha value is -1.36. The van der Waals surface area contributed by atoms with E-state index in [4.69, 9.17) is 10.5 Å². The van der Waals surface area contributed by atoms with E-state index < -0.39 is 29.0 Å². The molecule has 0 aliphatic heterocycles. The van der Waals surface area contributed by atoms with Gasteiger partial charge in [-0.3, -0.25) is 9.59 Å². The second kappa shape index (κ2) is 4.49. The van der Waals surface area contributed by atoms with Crippen molar-refractivity contribution in [3.8, 4) is 0 Å². The number of allylic oxidation sites excluding steroid dienone is 1. The van der Waals surface area contributed by atoms with Gasteiger partial charge in [-0.05, 0) is 33.6 Å². The van der Waals surface area contributed by atoms with Gasteiger partial charge in [0.05, 0.1) is 0 Å². The van der Waals surface area contributed by atoms with Gasteiger partial charge in [0.2, 0.25) is 0 Å². The summed E-state index contributed by atoms with van der Waals surface area (Å²) in [6.07, 6.45) is 3.90. The summed E-state index contributed by atoms with van der Waals surface area (Å²) in [4.78, 5) is 23.5. The Bertz CT molecular complexity index is 356. The van der Waals surface area contributed by atoms with Crippen molar-refractivity contribution >= 4 is 11.9 Å². The molecular formula is C12H19NO4. The summed E-state index contributed by atoms with van der Waals surface area (Å²) in [5.41, 5.74) is 3.43. The zero-order chi connectivity index (χ0) is 13.3. The van der Waals surface area contributed by atoms with E-state index in [2.05, 4.69) is 0 Å². The predicted octanol–water partition coefficient (Wildman–Crippen LogP) is 1.08. The second-order valence-corrected chi connectivity index (χ2v) is 5.30. The standard InChI is InChI=1S/C12H19NO4/c1-11(2,3)17-10(16)12(9(14)15)7-5-4-6-8(12)13/h4-5,8H,6-7,13H2,1-3H3,(H,14,15)/t8-,12-/m1/s1. The molecule has 0 aromatic heterocycles. The molecule has 5 heteroatoms. The van der Waals surface area contributed by atoms with Crippen LogP contribution in [0.5, 0.6) is 0 Å². The maximum atomic E-state index is 12.1. The molecule has 96 valence electrons. The molecule has 17 heavy (non-hydrogen) atoms. The molecule has 1 aliphatic carbocycles. The number of carbonyl (C=O) groups is 2. The highest BCUT2D eigenvalue weighted by Crippen LogP contribution is 2.35. The third-order valence-corrected chi connectivity index (χ3v) is 2.77. The van der Waals surface area contributed by atoms with Gasteiger partial charge in [0.1, 0.15) is 5.60 Å². The van der Waals surface area contributed by atoms with Gasteiger partial charge in [-0.15, -0.1) is 0 Å². The van der Waals surface area contributed by atoms with Crippen LogP contribution in [0.15, 0.2) is 12.2 Å². The lowest BCUT2D eigenvalue weighted by Crippen LogP contribution is -2.55. The van der Waals surface area contributed by atoms with E-state index >= 15 is 0 Å². The second-order valence-electron chi connectivity index (χ2n) is 5.30. The van der Waals surface area contributed by atoms with Crippen LogP contribution in [0.2, 0.25) is 0 Å². The van der Waals surface area contributed by atoms with Gasteiger partial charge in [-0.2, -0.15) is 0 Å². The highest BCUT2D eigenvalue weighted by molar-refractivity contribution is 6.00. The van der Waals surface area contributed by atoms with Crippen LogP contribution < -0.4 is 5.73 Å². The summed E-state index contributed by atoms with van der Waals surface area (Å²) in [6.45, 7) is 5.10. The fourth-order valence-corrected chi connectivity index (χ4v) is 1.80. The first-order chi connectivity index (χ1) is 7.70. The van der Waals surface area contributed by atoms with Crippen LogP contribution in [0, 0.1) is 5.41 Å². The fourth-order valence-electron chi connectivity index (χ4n) is 1.80. The molecule has 0 heterocycles. The minimum absolute atomic E-state index is 0.0818. The molecule has 0 saturated carbocycles. The van der Waals surface area contributed by atoms with Crippen molar-refractivity contribution in [1.82, 2.24) is 0 Å². The van der Waals surface area contributed by atoms with Crippen LogP contribution in [-0.4, -0.2) is 28.7 Å². The van der Waals surface area contributed by atoms with Gasteiger partial charge in [0.15, 0.2) is 5.41 Å². The first kappa shape index (κ1) is 13.7. The van der Waals surface area contributed by atoms with Crippen LogP contribution in [-0.2, 0) is 14.3 Å². The number of aliphatic carboxylic acids is 1. The average molecular weight is 241 g/mol. The zero-order valence-electron chi connectivity index (χ0n) is 10.4. The van der Waals surface area contributed by atoms with Crippen LogP contribution in [0.1, 0.15) is 33.6 Å². The molecule has 3 N–H and O–H groups in total. The fraction of sp³-hybridized carbons (Fsp3) is 0.667. The SMILES string of the molecule is CC(C)(C)OC(=O)[C@]1(C(=O)O)CC=CC[C@H]1N. The minimum Gasteiger partial charge on any atom is -0.480 e. The van der Waals surface area contributed by atoms with E-state index in [0.717, 1.165) is 0 Å². The lowest BCUT2D eigenvalue weighted by atomic mass is 9.73. The van der Waals surface area contributed by atoms with Crippen molar-refractivity contribution < 1.29 is 19.4 Å². The van der Waals surface area contributed by atoms with Gasteiger partial charge in [-0.25, -0.2) is 0 Å². The molecular weight excluding hydrogens is 222 g/mol. The van der Waals surface area contributed by atoms with Crippen LogP contribution in [0.25, 0.3) is 0 Å². The van der Waals surface area contributed by atoms with E-state index in [0.29, 0.717) is 6.42 Å². The Morgan fingerprint density at radius 3 is 2.41 bits per heavy atom. The Morgan fingerprint density at radius 1 is 1.41 bits per heavy atom. The Labute approximate surface area is 101 Å². The Balaban J connectivity index is 3.04. The number of ether oxygens (including phenoxy) is 1. The normalized spacial score (nSPS) is 28.8. The summed E-state index contributed by atoms with van der Waals surface area (Å²) in [6, 6.07) is -0.750. The quantitative estimate of drug-likeness (QED) is 0.429. The van der Waals surface area contributed by atoms with Gasteiger partial charge >= 0.3 is 11.9 Å². The maximum absolute atomic E-state index is 12.1. The maximum Gasteiger partial charge on any atom is 0.325 e. The van der Waals surface area contributed by atoms with Gasteiger partial charge in [-0.1, -0.05) is 12.2 Å². The van der Waals surface area contributed by atoms with Gasteiger partial charge in [0.25, 0.3) is 0 Å². The summed E-state index contributed by atoms with van der Waals surface area (Å²) in [5, 5.41) is 9.31. The molecule has 0 bridgehead atoms. The molecule has 0 unspecified atom stereocenters. The van der Waals surface area contributed by atoms with Crippen LogP contribution >= 0.6 is 0 Å². The smallest absolute Gasteiger partial charge is 0.325 e. The van der Waals surface area contributed by atoms with Crippen molar-refractivity contribution in [1.29, 1.82) is 0 Å². The molecule has 1 aliphatic rings. The Morgan fingerprint density at radius 2 is 2.00 bits per heavy atom. The van der Waals surface area contributed by atoms with Crippen molar-refractivity contribution in [2.24, 2.45) is 11.1 Å². The number of hydrogen-bond acceptors (Lipinski definition) is 4. The lowest BCUT2D eigenvalue weighted by molar-refractivity contribution is -0.178. The summed E-state index contributed by atoms with van der Waals surface area (Å²) in [7, 11) is 0. The number of carboxylic acids is 1. The highest BCUT2D eigenvalue weighted by atomic mass is 16.6. The third-order valence-electron chi connectivity index (χ3n) is 2.77. The van der Waals surface area contributed by atoms with Crippen molar-refractivity contribution in [3.63, 3.8) is 0 Å². The zero-order valence-corrected chi connectivity index (χ0v) is 10.4. The first-order valence-electron chi connectivity index (χ1n) is 5.57. The number of hydrogen-bond donors (Lipinski definition) is 2. The highest BCUT2D eigenvalue weighted by Gasteiger charge is 2.53. The summed E-state index contributed by atoms with van der Waals surface area (Å²) in [5.74, 6) is -1.97. The topological polar surface area (TPSA) is 89.6 Å². The predicted molar refractivity (Wildman–Crippen MR) is 62.3 cm³/mol. The van der Waals surface area contributed by atoms with E-state index in [1.54, 1.807) is 32.9 Å². The number of carboxylic acid groups (broad SMARTS) is 1. The molecule has 0 aromatic carbocycles. The summed E-state index contributed by atoms with van der Waals surface area (Å²) >= 11 is 0. The molecule has 2 atom stereocenters. The molecule has 0 fully saturated rings. The number of esters is 1. The van der Waals surface area contributed by atoms with Gasteiger partial charge < -0.3 is 15.6 Å². The van der Waals surface area contributed by atoms with Crippen LogP contribution in [0.4, 0.5) is 0 Å². The van der Waals surface area contributed by atoms with Crippen molar-refractivity contribution in [2.75, 3.05) is 0 Å². The van der Waals surface area contributed by atoms with Crippen molar-refractivity contribution in [2.45, 2.75) is 45.3 Å². The first-order valence-corrected chi connectivity index (χ1v) is 5.57. The molecule has 0 radical (unpaired) electrons. The van der Waals surface area contributed by atoms with Gasteiger partial charge in [0, 0.05) is 6.04 Å². The number of rotatable bonds is 2. The lowest BCUT2D eigenvalue weighted by Gasteiger charge is -2.36. The average Bonchev–Trinajstić information content (AvgIpc) is 2.15. The molecule has 0 amide bonds. The molecule has 5 nitrogen and oxygen atoms in total. The molecule has 0 saturated heterocycles. The van der Waals surface area contributed by atoms with E-state index in [1.807, 2.05) is 0 Å². The van der Waals surface area contributed by atoms with E-state index in [1.165, 1.54) is 0 Å². The van der Waals surface area contributed by atoms with Crippen LogP contribution in [0.3, 0.4) is 0 Å². The third kappa shape index (κ3) is 2.66. The Kier molecular flexibility index (Phi) is 3.62. The van der Waals surface area contributed by atoms with Crippen molar-refractivity contribution in [3.05, 3.63) is 12.2 Å². The molecule has 1 rings (SSSR count). The molecule has 0 aromatic rings. The number of carbonyl (C=O) groups excluding carboxylic acids is 1. The molecule has 0 spiro atoms. The van der Waals surface area contributed by atoms with E-state index in [9.17, 15) is 14.7 Å². The minimum atomic E-state index is -1.65. The monoisotopic (exact) mass is 241 g/mol.